The van der Waals surface area contributed by atoms with E-state index in [0.717, 1.165) is 12.5 Å². The zero-order valence-electron chi connectivity index (χ0n) is 14.8. The van der Waals surface area contributed by atoms with E-state index < -0.39 is 11.6 Å². The number of hydrogen-bond donors (Lipinski definition) is 1. The number of carbonyl (C=O) groups excluding carboxylic acids is 1. The molecule has 1 aliphatic rings. The molecular weight excluding hydrogens is 334 g/mol. The third-order valence-electron chi connectivity index (χ3n) is 4.81. The van der Waals surface area contributed by atoms with Gasteiger partial charge in [0.15, 0.2) is 6.54 Å². The van der Waals surface area contributed by atoms with Gasteiger partial charge in [0, 0.05) is 24.7 Å². The fraction of sp³-hybridized carbons (Fsp3) is 0.286. The lowest BCUT2D eigenvalue weighted by Crippen LogP contribution is -2.87. The van der Waals surface area contributed by atoms with Gasteiger partial charge in [0.25, 0.3) is 5.91 Å². The Hall–Kier alpha value is -2.53. The van der Waals surface area contributed by atoms with Gasteiger partial charge in [-0.05, 0) is 36.6 Å². The van der Waals surface area contributed by atoms with E-state index in [9.17, 15) is 13.6 Å². The first-order valence-electron chi connectivity index (χ1n) is 8.85. The SMILES string of the molecule is C[C@@H]([NH2+]CC(=O)N1CC=C(c2ccccc2)CC1)c1ccc(F)cc1F. The number of halogens is 2. The highest BCUT2D eigenvalue weighted by Gasteiger charge is 2.21. The number of quaternary nitrogens is 1. The zero-order valence-corrected chi connectivity index (χ0v) is 14.8. The van der Waals surface area contributed by atoms with Gasteiger partial charge < -0.3 is 10.2 Å². The van der Waals surface area contributed by atoms with Gasteiger partial charge in [-0.3, -0.25) is 4.79 Å². The number of nitrogens with two attached hydrogens (primary N) is 1. The van der Waals surface area contributed by atoms with Gasteiger partial charge in [0.2, 0.25) is 0 Å². The average Bonchev–Trinajstić information content (AvgIpc) is 2.66. The van der Waals surface area contributed by atoms with E-state index in [0.29, 0.717) is 18.7 Å². The van der Waals surface area contributed by atoms with Crippen LogP contribution in [0.4, 0.5) is 8.78 Å². The average molecular weight is 357 g/mol. The van der Waals surface area contributed by atoms with E-state index in [4.69, 9.17) is 0 Å². The highest BCUT2D eigenvalue weighted by molar-refractivity contribution is 5.79. The van der Waals surface area contributed by atoms with Crippen molar-refractivity contribution in [1.82, 2.24) is 4.90 Å². The quantitative estimate of drug-likeness (QED) is 0.878. The molecule has 2 N–H and O–H groups in total. The summed E-state index contributed by atoms with van der Waals surface area (Å²) in [4.78, 5) is 14.2. The van der Waals surface area contributed by atoms with Crippen LogP contribution in [-0.2, 0) is 4.79 Å². The van der Waals surface area contributed by atoms with Crippen molar-refractivity contribution >= 4 is 11.5 Å². The van der Waals surface area contributed by atoms with Gasteiger partial charge in [-0.2, -0.15) is 0 Å². The molecule has 1 amide bonds. The minimum atomic E-state index is -0.594. The predicted octanol–water partition coefficient (Wildman–Crippen LogP) is 2.91. The molecule has 1 atom stereocenters. The van der Waals surface area contributed by atoms with Gasteiger partial charge in [-0.1, -0.05) is 36.4 Å². The first-order chi connectivity index (χ1) is 12.5. The van der Waals surface area contributed by atoms with E-state index in [1.165, 1.54) is 23.3 Å². The van der Waals surface area contributed by atoms with Gasteiger partial charge in [0.1, 0.15) is 17.7 Å². The Labute approximate surface area is 152 Å². The Morgan fingerprint density at radius 1 is 1.19 bits per heavy atom. The third-order valence-corrected chi connectivity index (χ3v) is 4.81. The van der Waals surface area contributed by atoms with E-state index in [-0.39, 0.29) is 18.5 Å². The molecule has 0 saturated carbocycles. The lowest BCUT2D eigenvalue weighted by Gasteiger charge is -2.26. The van der Waals surface area contributed by atoms with Crippen LogP contribution in [0.2, 0.25) is 0 Å². The van der Waals surface area contributed by atoms with E-state index in [2.05, 4.69) is 18.2 Å². The van der Waals surface area contributed by atoms with Crippen LogP contribution in [0.1, 0.15) is 30.5 Å². The number of hydrogen-bond acceptors (Lipinski definition) is 1. The molecule has 0 bridgehead atoms. The lowest BCUT2D eigenvalue weighted by molar-refractivity contribution is -0.683. The second-order valence-electron chi connectivity index (χ2n) is 6.58. The smallest absolute Gasteiger partial charge is 0.277 e. The van der Waals surface area contributed by atoms with Crippen molar-refractivity contribution in [3.8, 4) is 0 Å². The molecule has 0 spiro atoms. The topological polar surface area (TPSA) is 36.9 Å². The van der Waals surface area contributed by atoms with Crippen LogP contribution < -0.4 is 5.32 Å². The van der Waals surface area contributed by atoms with E-state index in [1.54, 1.807) is 5.32 Å². The molecule has 0 fully saturated rings. The Bertz CT molecular complexity index is 805. The van der Waals surface area contributed by atoms with Crippen LogP contribution in [-0.4, -0.2) is 30.4 Å². The minimum absolute atomic E-state index is 0.0303. The summed E-state index contributed by atoms with van der Waals surface area (Å²) in [5, 5.41) is 1.79. The predicted molar refractivity (Wildman–Crippen MR) is 97.2 cm³/mol. The second kappa shape index (κ2) is 8.23. The molecule has 136 valence electrons. The molecule has 1 aliphatic heterocycles. The fourth-order valence-electron chi connectivity index (χ4n) is 3.21. The van der Waals surface area contributed by atoms with Crippen LogP contribution >= 0.6 is 0 Å². The molecular formula is C21H23F2N2O+. The standard InChI is InChI=1S/C21H22F2N2O/c1-15(19-8-7-18(22)13-20(19)23)24-14-21(26)25-11-9-17(10-12-25)16-5-3-2-4-6-16/h2-9,13,15,24H,10-12,14H2,1H3/p+1/t15-/m1/s1. The van der Waals surface area contributed by atoms with Gasteiger partial charge in [-0.15, -0.1) is 0 Å². The van der Waals surface area contributed by atoms with Crippen molar-refractivity contribution in [3.63, 3.8) is 0 Å². The molecule has 0 saturated heterocycles. The van der Waals surface area contributed by atoms with Gasteiger partial charge >= 0.3 is 0 Å². The number of benzene rings is 2. The first-order valence-corrected chi connectivity index (χ1v) is 8.85. The van der Waals surface area contributed by atoms with Crippen molar-refractivity contribution in [3.05, 3.63) is 77.4 Å². The molecule has 3 rings (SSSR count). The highest BCUT2D eigenvalue weighted by Crippen LogP contribution is 2.21. The van der Waals surface area contributed by atoms with Crippen molar-refractivity contribution in [1.29, 1.82) is 0 Å². The van der Waals surface area contributed by atoms with E-state index in [1.807, 2.05) is 30.0 Å². The third kappa shape index (κ3) is 4.35. The molecule has 2 aromatic rings. The summed E-state index contributed by atoms with van der Waals surface area (Å²) in [6, 6.07) is 13.5. The second-order valence-corrected chi connectivity index (χ2v) is 6.58. The maximum Gasteiger partial charge on any atom is 0.277 e. The fourth-order valence-corrected chi connectivity index (χ4v) is 3.21. The van der Waals surface area contributed by atoms with Crippen LogP contribution in [0.25, 0.3) is 5.57 Å². The van der Waals surface area contributed by atoms with Crippen LogP contribution in [0.5, 0.6) is 0 Å². The molecule has 26 heavy (non-hydrogen) atoms. The van der Waals surface area contributed by atoms with E-state index >= 15 is 0 Å². The number of rotatable bonds is 5. The van der Waals surface area contributed by atoms with Crippen molar-refractivity contribution in [2.24, 2.45) is 0 Å². The maximum absolute atomic E-state index is 13.8. The van der Waals surface area contributed by atoms with Crippen LogP contribution in [0.3, 0.4) is 0 Å². The first kappa shape index (κ1) is 18.3. The number of nitrogens with zero attached hydrogens (tertiary/aromatic N) is 1. The monoisotopic (exact) mass is 357 g/mol. The Morgan fingerprint density at radius 2 is 1.96 bits per heavy atom. The Morgan fingerprint density at radius 3 is 2.62 bits per heavy atom. The molecule has 0 radical (unpaired) electrons. The van der Waals surface area contributed by atoms with Crippen molar-refractivity contribution in [2.75, 3.05) is 19.6 Å². The normalized spacial score (nSPS) is 15.5. The minimum Gasteiger partial charge on any atom is -0.334 e. The Balaban J connectivity index is 1.54. The maximum atomic E-state index is 13.8. The molecule has 0 unspecified atom stereocenters. The van der Waals surface area contributed by atoms with Crippen molar-refractivity contribution < 1.29 is 18.9 Å². The molecule has 0 aliphatic carbocycles. The summed E-state index contributed by atoms with van der Waals surface area (Å²) >= 11 is 0. The van der Waals surface area contributed by atoms with Crippen LogP contribution in [0, 0.1) is 11.6 Å². The summed E-state index contributed by atoms with van der Waals surface area (Å²) < 4.78 is 26.8. The zero-order chi connectivity index (χ0) is 18.5. The molecule has 2 aromatic carbocycles. The highest BCUT2D eigenvalue weighted by atomic mass is 19.1. The van der Waals surface area contributed by atoms with Crippen LogP contribution in [0.15, 0.2) is 54.6 Å². The van der Waals surface area contributed by atoms with Gasteiger partial charge in [0.05, 0.1) is 0 Å². The molecule has 5 heteroatoms. The summed E-state index contributed by atoms with van der Waals surface area (Å²) in [6.45, 7) is 3.34. The number of carbonyl (C=O) groups is 1. The molecule has 1 heterocycles. The lowest BCUT2D eigenvalue weighted by atomic mass is 9.99. The summed E-state index contributed by atoms with van der Waals surface area (Å²) in [6.07, 6.45) is 2.93. The van der Waals surface area contributed by atoms with Gasteiger partial charge in [-0.25, -0.2) is 8.78 Å². The largest absolute Gasteiger partial charge is 0.334 e. The molecule has 0 aromatic heterocycles. The summed E-state index contributed by atoms with van der Waals surface area (Å²) in [5.41, 5.74) is 2.87. The summed E-state index contributed by atoms with van der Waals surface area (Å²) in [7, 11) is 0. The molecule has 3 nitrogen and oxygen atoms in total. The number of amides is 1. The van der Waals surface area contributed by atoms with Crippen molar-refractivity contribution in [2.45, 2.75) is 19.4 Å². The Kier molecular flexibility index (Phi) is 5.78. The summed E-state index contributed by atoms with van der Waals surface area (Å²) in [5.74, 6) is -1.14.